The molecule has 5 aliphatic rings. The lowest BCUT2D eigenvalue weighted by Gasteiger charge is -2.55. The Labute approximate surface area is 274 Å². The fourth-order valence-electron chi connectivity index (χ4n) is 8.71. The molecule has 2 saturated carbocycles. The lowest BCUT2D eigenvalue weighted by Crippen LogP contribution is -2.58. The van der Waals surface area contributed by atoms with Crippen molar-refractivity contribution >= 4 is 35.0 Å². The Balaban J connectivity index is 0.855. The molecule has 3 aromatic rings. The SMILES string of the molecule is O=C(O)C1CCC2(CC1)CC(N1CCC(c3cnc(N4CCN5c6cc(-c7cccc(Cl)c7O)nnc6NCC5C4)nc3)CC1)C2. The monoisotopic (exact) mass is 644 g/mol. The lowest BCUT2D eigenvalue weighted by atomic mass is 9.56. The number of halogens is 1. The number of aromatic hydroxyl groups is 1. The Morgan fingerprint density at radius 2 is 1.74 bits per heavy atom. The van der Waals surface area contributed by atoms with E-state index in [2.05, 4.69) is 30.2 Å². The van der Waals surface area contributed by atoms with Gasteiger partial charge in [-0.25, -0.2) is 9.97 Å². The van der Waals surface area contributed by atoms with Crippen molar-refractivity contribution in [3.63, 3.8) is 0 Å². The number of fused-ring (bicyclic) bond motifs is 3. The largest absolute Gasteiger partial charge is 0.506 e. The predicted molar refractivity (Wildman–Crippen MR) is 177 cm³/mol. The normalized spacial score (nSPS) is 28.2. The Hall–Kier alpha value is -3.70. The molecule has 11 nitrogen and oxygen atoms in total. The van der Waals surface area contributed by atoms with Crippen molar-refractivity contribution in [3.8, 4) is 17.0 Å². The van der Waals surface area contributed by atoms with Crippen molar-refractivity contribution in [2.24, 2.45) is 11.3 Å². The fourth-order valence-corrected chi connectivity index (χ4v) is 8.88. The summed E-state index contributed by atoms with van der Waals surface area (Å²) in [4.78, 5) is 28.4. The second kappa shape index (κ2) is 11.8. The Morgan fingerprint density at radius 3 is 2.48 bits per heavy atom. The molecule has 2 saturated heterocycles. The van der Waals surface area contributed by atoms with Gasteiger partial charge >= 0.3 is 5.97 Å². The number of piperazine rings is 1. The number of nitrogens with zero attached hydrogens (tertiary/aromatic N) is 7. The summed E-state index contributed by atoms with van der Waals surface area (Å²) in [5, 5.41) is 32.3. The van der Waals surface area contributed by atoms with Crippen LogP contribution in [0.15, 0.2) is 36.7 Å². The Bertz CT molecular complexity index is 1600. The van der Waals surface area contributed by atoms with Gasteiger partial charge in [0, 0.05) is 50.2 Å². The summed E-state index contributed by atoms with van der Waals surface area (Å²) in [5.74, 6) is 1.31. The number of carbonyl (C=O) groups is 1. The zero-order valence-corrected chi connectivity index (χ0v) is 26.7. The first-order chi connectivity index (χ1) is 22.4. The average molecular weight is 645 g/mol. The van der Waals surface area contributed by atoms with Gasteiger partial charge in [-0.05, 0) is 99.6 Å². The van der Waals surface area contributed by atoms with Crippen LogP contribution in [0.1, 0.15) is 62.8 Å². The van der Waals surface area contributed by atoms with Crippen LogP contribution in [0.3, 0.4) is 0 Å². The Kier molecular flexibility index (Phi) is 7.63. The molecule has 2 aromatic heterocycles. The van der Waals surface area contributed by atoms with E-state index in [1.165, 1.54) is 18.4 Å². The molecule has 3 aliphatic heterocycles. The number of benzene rings is 1. The van der Waals surface area contributed by atoms with E-state index in [0.717, 1.165) is 95.2 Å². The second-order valence-corrected chi connectivity index (χ2v) is 14.5. The molecular formula is C34H41ClN8O3. The highest BCUT2D eigenvalue weighted by Gasteiger charge is 2.49. The van der Waals surface area contributed by atoms with Crippen molar-refractivity contribution in [1.82, 2.24) is 25.1 Å². The van der Waals surface area contributed by atoms with E-state index in [4.69, 9.17) is 21.6 Å². The van der Waals surface area contributed by atoms with E-state index in [-0.39, 0.29) is 17.7 Å². The third-order valence-corrected chi connectivity index (χ3v) is 11.8. The van der Waals surface area contributed by atoms with Crippen molar-refractivity contribution in [3.05, 3.63) is 47.2 Å². The van der Waals surface area contributed by atoms with Crippen LogP contribution in [0.4, 0.5) is 17.5 Å². The summed E-state index contributed by atoms with van der Waals surface area (Å²) < 4.78 is 0. The van der Waals surface area contributed by atoms with E-state index in [9.17, 15) is 15.0 Å². The number of likely N-dealkylation sites (tertiary alicyclic amines) is 1. The number of nitrogens with one attached hydrogen (secondary N) is 1. The van der Waals surface area contributed by atoms with Crippen LogP contribution in [0.2, 0.25) is 5.02 Å². The number of para-hydroxylation sites is 1. The number of phenolic OH excluding ortho intramolecular Hbond substituents is 1. The first kappa shape index (κ1) is 29.7. The molecule has 0 radical (unpaired) electrons. The fraction of sp³-hybridized carbons (Fsp3) is 0.559. The van der Waals surface area contributed by atoms with Gasteiger partial charge in [0.1, 0.15) is 5.75 Å². The summed E-state index contributed by atoms with van der Waals surface area (Å²) in [6.07, 6.45) is 12.7. The van der Waals surface area contributed by atoms with Crippen LogP contribution in [0.25, 0.3) is 11.3 Å². The molecule has 1 unspecified atom stereocenters. The maximum atomic E-state index is 11.3. The number of piperidine rings is 1. The standard InChI is InChI=1S/C34H41ClN8O3/c35-27-3-1-2-26(30(27)44)28-14-29-31(40-39-28)36-19-25-20-42(12-13-43(25)29)33-37-17-23(18-38-33)21-6-10-41(11-7-21)24-15-34(16-24)8-4-22(5-9-34)32(45)46/h1-3,14,17-18,21-22,24-25,44H,4-13,15-16,19-20H2,(H,36,40)(H,45,46). The molecule has 12 heteroatoms. The van der Waals surface area contributed by atoms with Crippen LogP contribution in [0.5, 0.6) is 5.75 Å². The number of hydrogen-bond acceptors (Lipinski definition) is 10. The minimum Gasteiger partial charge on any atom is -0.506 e. The maximum Gasteiger partial charge on any atom is 0.306 e. The maximum absolute atomic E-state index is 11.3. The minimum absolute atomic E-state index is 0.0132. The first-order valence-corrected chi connectivity index (χ1v) is 17.1. The summed E-state index contributed by atoms with van der Waals surface area (Å²) in [6, 6.07) is 8.13. The molecule has 0 bridgehead atoms. The second-order valence-electron chi connectivity index (χ2n) is 14.1. The summed E-state index contributed by atoms with van der Waals surface area (Å²) >= 11 is 6.15. The average Bonchev–Trinajstić information content (AvgIpc) is 3.08. The zero-order chi connectivity index (χ0) is 31.4. The number of aromatic nitrogens is 4. The highest BCUT2D eigenvalue weighted by Crippen LogP contribution is 2.55. The Morgan fingerprint density at radius 1 is 0.978 bits per heavy atom. The van der Waals surface area contributed by atoms with Gasteiger partial charge in [-0.2, -0.15) is 0 Å². The van der Waals surface area contributed by atoms with Gasteiger partial charge in [0.2, 0.25) is 5.95 Å². The quantitative estimate of drug-likeness (QED) is 0.346. The zero-order valence-electron chi connectivity index (χ0n) is 26.0. The van der Waals surface area contributed by atoms with Crippen molar-refractivity contribution in [2.75, 3.05) is 54.4 Å². The van der Waals surface area contributed by atoms with Gasteiger partial charge in [-0.15, -0.1) is 10.2 Å². The molecule has 1 atom stereocenters. The molecule has 3 N–H and O–H groups in total. The number of carboxylic acids is 1. The molecule has 8 rings (SSSR count). The van der Waals surface area contributed by atoms with E-state index >= 15 is 0 Å². The van der Waals surface area contributed by atoms with Gasteiger partial charge in [0.25, 0.3) is 0 Å². The topological polar surface area (TPSA) is 131 Å². The third-order valence-electron chi connectivity index (χ3n) is 11.5. The lowest BCUT2D eigenvalue weighted by molar-refractivity contribution is -0.145. The van der Waals surface area contributed by atoms with Gasteiger partial charge in [0.15, 0.2) is 5.82 Å². The molecule has 1 aromatic carbocycles. The first-order valence-electron chi connectivity index (χ1n) is 16.8. The molecule has 46 heavy (non-hydrogen) atoms. The smallest absolute Gasteiger partial charge is 0.306 e. The van der Waals surface area contributed by atoms with E-state index in [1.807, 2.05) is 18.5 Å². The van der Waals surface area contributed by atoms with E-state index < -0.39 is 5.97 Å². The van der Waals surface area contributed by atoms with Gasteiger partial charge in [-0.1, -0.05) is 17.7 Å². The number of hydrogen-bond donors (Lipinski definition) is 3. The number of carboxylic acid groups (broad SMARTS) is 1. The van der Waals surface area contributed by atoms with Gasteiger partial charge in [-0.3, -0.25) is 4.79 Å². The van der Waals surface area contributed by atoms with Crippen molar-refractivity contribution in [1.29, 1.82) is 0 Å². The van der Waals surface area contributed by atoms with Crippen LogP contribution >= 0.6 is 11.6 Å². The summed E-state index contributed by atoms with van der Waals surface area (Å²) in [5.41, 5.74) is 3.78. The van der Waals surface area contributed by atoms with Gasteiger partial charge in [0.05, 0.1) is 28.4 Å². The highest BCUT2D eigenvalue weighted by molar-refractivity contribution is 6.32. The van der Waals surface area contributed by atoms with Crippen LogP contribution in [0, 0.1) is 11.3 Å². The molecular weight excluding hydrogens is 604 g/mol. The van der Waals surface area contributed by atoms with Crippen molar-refractivity contribution < 1.29 is 15.0 Å². The van der Waals surface area contributed by atoms with Crippen LogP contribution in [-0.2, 0) is 4.79 Å². The number of anilines is 3. The molecule has 5 heterocycles. The molecule has 1 spiro atoms. The summed E-state index contributed by atoms with van der Waals surface area (Å²) in [6.45, 7) is 5.38. The van der Waals surface area contributed by atoms with Crippen LogP contribution < -0.4 is 15.1 Å². The highest BCUT2D eigenvalue weighted by atomic mass is 35.5. The number of rotatable bonds is 5. The molecule has 2 aliphatic carbocycles. The van der Waals surface area contributed by atoms with Gasteiger partial charge < -0.3 is 30.2 Å². The number of aliphatic carboxylic acids is 1. The minimum atomic E-state index is -0.608. The number of phenols is 1. The predicted octanol–water partition coefficient (Wildman–Crippen LogP) is 5.02. The third kappa shape index (κ3) is 5.41. The molecule has 242 valence electrons. The summed E-state index contributed by atoms with van der Waals surface area (Å²) in [7, 11) is 0. The van der Waals surface area contributed by atoms with Crippen molar-refractivity contribution in [2.45, 2.75) is 69.4 Å². The van der Waals surface area contributed by atoms with E-state index in [1.54, 1.807) is 18.2 Å². The molecule has 4 fully saturated rings. The molecule has 0 amide bonds. The van der Waals surface area contributed by atoms with E-state index in [0.29, 0.717) is 33.7 Å². The van der Waals surface area contributed by atoms with Crippen LogP contribution in [-0.4, -0.2) is 92.6 Å².